The van der Waals surface area contributed by atoms with Crippen LogP contribution in [0.3, 0.4) is 0 Å². The highest BCUT2D eigenvalue weighted by Gasteiger charge is 2.16. The van der Waals surface area contributed by atoms with E-state index in [2.05, 4.69) is 125 Å². The number of nitrogens with one attached hydrogen (secondary N) is 1. The summed E-state index contributed by atoms with van der Waals surface area (Å²) >= 11 is 0. The van der Waals surface area contributed by atoms with Gasteiger partial charge in [-0.05, 0) is 88.8 Å². The van der Waals surface area contributed by atoms with Crippen LogP contribution >= 0.6 is 0 Å². The fourth-order valence-corrected chi connectivity index (χ4v) is 5.88. The number of rotatable bonds is 5. The van der Waals surface area contributed by atoms with Gasteiger partial charge in [-0.1, -0.05) is 91.0 Å². The van der Waals surface area contributed by atoms with Crippen molar-refractivity contribution in [2.24, 2.45) is 5.73 Å². The summed E-state index contributed by atoms with van der Waals surface area (Å²) in [6.45, 7) is 2.85. The molecule has 3 nitrogen and oxygen atoms in total. The van der Waals surface area contributed by atoms with Gasteiger partial charge in [-0.15, -0.1) is 0 Å². The lowest BCUT2D eigenvalue weighted by Gasteiger charge is -2.12. The fourth-order valence-electron chi connectivity index (χ4n) is 5.88. The molecule has 3 N–H and O–H groups in total. The summed E-state index contributed by atoms with van der Waals surface area (Å²) in [6, 6.07) is 37.4. The molecule has 0 saturated carbocycles. The maximum absolute atomic E-state index is 6.39. The zero-order valence-electron chi connectivity index (χ0n) is 23.0. The molecule has 0 amide bonds. The highest BCUT2D eigenvalue weighted by Crippen LogP contribution is 2.39. The molecule has 0 radical (unpaired) electrons. The van der Waals surface area contributed by atoms with E-state index in [0.29, 0.717) is 0 Å². The van der Waals surface area contributed by atoms with Crippen LogP contribution in [0.4, 0.5) is 0 Å². The first kappa shape index (κ1) is 24.7. The summed E-state index contributed by atoms with van der Waals surface area (Å²) in [6.07, 6.45) is 12.3. The Labute approximate surface area is 240 Å². The minimum absolute atomic E-state index is 0.760. The van der Waals surface area contributed by atoms with Crippen molar-refractivity contribution in [2.75, 3.05) is 6.54 Å². The molecular formula is C38H31N3. The van der Waals surface area contributed by atoms with Crippen LogP contribution in [-0.4, -0.2) is 11.1 Å². The van der Waals surface area contributed by atoms with Gasteiger partial charge in [0.25, 0.3) is 0 Å². The number of allylic oxidation sites excluding steroid dienone is 5. The molecule has 7 rings (SSSR count). The molecule has 1 aliphatic heterocycles. The van der Waals surface area contributed by atoms with Gasteiger partial charge in [0.05, 0.1) is 11.0 Å². The number of nitrogens with two attached hydrogens (primary N) is 1. The molecule has 0 saturated heterocycles. The monoisotopic (exact) mass is 529 g/mol. The van der Waals surface area contributed by atoms with Gasteiger partial charge in [-0.2, -0.15) is 0 Å². The minimum Gasteiger partial charge on any atom is -0.398 e. The van der Waals surface area contributed by atoms with E-state index in [9.17, 15) is 0 Å². The third kappa shape index (κ3) is 4.42. The van der Waals surface area contributed by atoms with Crippen molar-refractivity contribution in [3.8, 4) is 16.8 Å². The van der Waals surface area contributed by atoms with E-state index in [1.165, 1.54) is 54.8 Å². The van der Waals surface area contributed by atoms with Crippen molar-refractivity contribution >= 4 is 43.8 Å². The van der Waals surface area contributed by atoms with E-state index in [0.717, 1.165) is 23.5 Å². The molecule has 1 aliphatic rings. The van der Waals surface area contributed by atoms with Crippen LogP contribution in [0.2, 0.25) is 0 Å². The Hall–Kier alpha value is -5.28. The summed E-state index contributed by atoms with van der Waals surface area (Å²) < 4.78 is 2.41. The first-order valence-corrected chi connectivity index (χ1v) is 14.1. The lowest BCUT2D eigenvalue weighted by atomic mass is 9.97. The maximum atomic E-state index is 6.39. The van der Waals surface area contributed by atoms with Gasteiger partial charge in [0, 0.05) is 34.1 Å². The first-order chi connectivity index (χ1) is 20.2. The molecule has 0 atom stereocenters. The molecule has 6 aromatic rings. The van der Waals surface area contributed by atoms with Gasteiger partial charge in [0.2, 0.25) is 0 Å². The van der Waals surface area contributed by atoms with Crippen molar-refractivity contribution in [2.45, 2.75) is 6.92 Å². The summed E-state index contributed by atoms with van der Waals surface area (Å²) in [5.74, 6) is 0. The molecule has 2 heterocycles. The quantitative estimate of drug-likeness (QED) is 0.219. The lowest BCUT2D eigenvalue weighted by Crippen LogP contribution is -2.08. The van der Waals surface area contributed by atoms with Gasteiger partial charge in [-0.3, -0.25) is 0 Å². The number of para-hydroxylation sites is 1. The predicted octanol–water partition coefficient (Wildman–Crippen LogP) is 8.98. The topological polar surface area (TPSA) is 43.0 Å². The average Bonchev–Trinajstić information content (AvgIpc) is 3.38. The number of hydrogen-bond acceptors (Lipinski definition) is 2. The number of benzene rings is 5. The smallest absolute Gasteiger partial charge is 0.0619 e. The van der Waals surface area contributed by atoms with E-state index in [4.69, 9.17) is 5.73 Å². The van der Waals surface area contributed by atoms with Crippen LogP contribution in [0.15, 0.2) is 140 Å². The molecule has 0 bridgehead atoms. The molecule has 198 valence electrons. The Kier molecular flexibility index (Phi) is 6.25. The summed E-state index contributed by atoms with van der Waals surface area (Å²) in [4.78, 5) is 0. The van der Waals surface area contributed by atoms with E-state index in [1.54, 1.807) is 0 Å². The zero-order chi connectivity index (χ0) is 27.8. The van der Waals surface area contributed by atoms with E-state index in [1.807, 2.05) is 31.4 Å². The number of nitrogens with zero attached hydrogens (tertiary/aromatic N) is 1. The molecular weight excluding hydrogens is 498 g/mol. The Balaban J connectivity index is 1.46. The second-order valence-electron chi connectivity index (χ2n) is 10.4. The van der Waals surface area contributed by atoms with Crippen molar-refractivity contribution in [3.05, 3.63) is 151 Å². The molecule has 0 fully saturated rings. The number of aromatic nitrogens is 1. The third-order valence-corrected chi connectivity index (χ3v) is 7.91. The maximum Gasteiger partial charge on any atom is 0.0619 e. The van der Waals surface area contributed by atoms with Crippen LogP contribution < -0.4 is 11.1 Å². The van der Waals surface area contributed by atoms with Crippen molar-refractivity contribution < 1.29 is 0 Å². The average molecular weight is 530 g/mol. The van der Waals surface area contributed by atoms with Crippen molar-refractivity contribution in [3.63, 3.8) is 0 Å². The summed E-state index contributed by atoms with van der Waals surface area (Å²) in [5.41, 5.74) is 16.6. The normalized spacial score (nSPS) is 13.8. The van der Waals surface area contributed by atoms with Gasteiger partial charge < -0.3 is 15.6 Å². The van der Waals surface area contributed by atoms with E-state index < -0.39 is 0 Å². The molecule has 0 spiro atoms. The molecule has 3 heteroatoms. The molecule has 0 unspecified atom stereocenters. The molecule has 5 aromatic carbocycles. The Bertz CT molecular complexity index is 2050. The Morgan fingerprint density at radius 2 is 1.59 bits per heavy atom. The second kappa shape index (κ2) is 10.4. The van der Waals surface area contributed by atoms with Gasteiger partial charge in [0.15, 0.2) is 0 Å². The largest absolute Gasteiger partial charge is 0.398 e. The molecule has 1 aromatic heterocycles. The van der Waals surface area contributed by atoms with E-state index in [-0.39, 0.29) is 0 Å². The highest BCUT2D eigenvalue weighted by molar-refractivity contribution is 6.19. The minimum atomic E-state index is 0.760. The number of dihydropyridines is 1. The van der Waals surface area contributed by atoms with E-state index >= 15 is 0 Å². The second-order valence-corrected chi connectivity index (χ2v) is 10.4. The lowest BCUT2D eigenvalue weighted by molar-refractivity contribution is 0.976. The third-order valence-electron chi connectivity index (χ3n) is 7.91. The van der Waals surface area contributed by atoms with Gasteiger partial charge >= 0.3 is 0 Å². The summed E-state index contributed by atoms with van der Waals surface area (Å²) in [5, 5.41) is 8.10. The van der Waals surface area contributed by atoms with Gasteiger partial charge in [-0.25, -0.2) is 0 Å². The molecule has 41 heavy (non-hydrogen) atoms. The first-order valence-electron chi connectivity index (χ1n) is 14.1. The summed E-state index contributed by atoms with van der Waals surface area (Å²) in [7, 11) is 0. The van der Waals surface area contributed by atoms with Crippen LogP contribution in [-0.2, 0) is 0 Å². The van der Waals surface area contributed by atoms with Gasteiger partial charge in [0.1, 0.15) is 0 Å². The SMILES string of the molecule is C/C=C\C=C(/N)c1ccc2c(ccc3c4ccc(-c5cccc(C6=CCNC=C6)c5)cc4n(-c4ccccc4)c23)c1. The van der Waals surface area contributed by atoms with Crippen LogP contribution in [0.5, 0.6) is 0 Å². The highest BCUT2D eigenvalue weighted by atomic mass is 15.0. The van der Waals surface area contributed by atoms with Crippen LogP contribution in [0.25, 0.3) is 60.7 Å². The Morgan fingerprint density at radius 1 is 0.780 bits per heavy atom. The van der Waals surface area contributed by atoms with Crippen molar-refractivity contribution in [1.29, 1.82) is 0 Å². The standard InChI is InChI=1S/C38H31N3/c1-2-3-12-36(39)31-15-16-33-30(24-31)14-18-35-34-17-13-29(25-37(34)41(38(33)35)32-10-5-4-6-11-32)28-9-7-8-27(23-28)26-19-21-40-22-20-26/h2-21,23-25,40H,22,39H2,1H3/b3-2-,36-12-. The van der Waals surface area contributed by atoms with Crippen molar-refractivity contribution in [1.82, 2.24) is 9.88 Å². The Morgan fingerprint density at radius 3 is 2.41 bits per heavy atom. The zero-order valence-corrected chi connectivity index (χ0v) is 23.0. The van der Waals surface area contributed by atoms with Crippen LogP contribution in [0, 0.1) is 0 Å². The predicted molar refractivity (Wildman–Crippen MR) is 176 cm³/mol. The number of hydrogen-bond donors (Lipinski definition) is 2. The molecule has 0 aliphatic carbocycles. The number of fused-ring (bicyclic) bond motifs is 5. The van der Waals surface area contributed by atoms with Crippen LogP contribution in [0.1, 0.15) is 18.1 Å². The fraction of sp³-hybridized carbons (Fsp3) is 0.0526.